The standard InChI is InChI=1S/C33H41N3O7/c37-21-27(19-24-11-3-1-4-12-24)34-29(38)20-26-15-7-8-16-28(35-32(41)42-22-25-13-5-2-6-14-25)31(40)43-23-33(36-30(26)39)17-9-10-18-33/h1-8,11-14,26-28,37H,9-10,15-23H2,(H,34,38)(H,35,41)(H,36,39)/t26-,27+,28-/m1/s1. The van der Waals surface area contributed by atoms with Crippen LogP contribution in [0.4, 0.5) is 4.79 Å². The van der Waals surface area contributed by atoms with Gasteiger partial charge in [0.05, 0.1) is 24.1 Å². The first-order valence-corrected chi connectivity index (χ1v) is 14.9. The van der Waals surface area contributed by atoms with Crippen LogP contribution in [-0.2, 0) is 36.9 Å². The molecule has 0 aromatic heterocycles. The highest BCUT2D eigenvalue weighted by molar-refractivity contribution is 5.86. The largest absolute Gasteiger partial charge is 0.462 e. The Morgan fingerprint density at radius 3 is 2.30 bits per heavy atom. The Hall–Kier alpha value is -4.18. The molecule has 2 aromatic carbocycles. The number of alkyl carbamates (subject to hydrolysis) is 1. The van der Waals surface area contributed by atoms with Crippen molar-refractivity contribution in [2.24, 2.45) is 5.92 Å². The highest BCUT2D eigenvalue weighted by Gasteiger charge is 2.39. The molecule has 1 saturated carbocycles. The summed E-state index contributed by atoms with van der Waals surface area (Å²) < 4.78 is 10.9. The summed E-state index contributed by atoms with van der Waals surface area (Å²) in [5.41, 5.74) is 1.07. The van der Waals surface area contributed by atoms with Gasteiger partial charge in [-0.25, -0.2) is 9.59 Å². The molecule has 230 valence electrons. The molecule has 1 spiro atoms. The summed E-state index contributed by atoms with van der Waals surface area (Å²) in [7, 11) is 0. The van der Waals surface area contributed by atoms with E-state index in [-0.39, 0.29) is 50.9 Å². The maximum absolute atomic E-state index is 13.5. The number of esters is 1. The molecule has 4 N–H and O–H groups in total. The number of hydrogen-bond acceptors (Lipinski definition) is 7. The number of ether oxygens (including phenoxy) is 2. The number of amides is 3. The number of allylic oxidation sites excluding steroid dienone is 1. The number of cyclic esters (lactones) is 1. The van der Waals surface area contributed by atoms with E-state index in [1.54, 1.807) is 12.2 Å². The summed E-state index contributed by atoms with van der Waals surface area (Å²) in [4.78, 5) is 52.0. The van der Waals surface area contributed by atoms with Gasteiger partial charge in [0.1, 0.15) is 19.3 Å². The lowest BCUT2D eigenvalue weighted by Crippen LogP contribution is -2.53. The maximum Gasteiger partial charge on any atom is 0.408 e. The van der Waals surface area contributed by atoms with Gasteiger partial charge in [-0.3, -0.25) is 9.59 Å². The lowest BCUT2D eigenvalue weighted by molar-refractivity contribution is -0.149. The lowest BCUT2D eigenvalue weighted by atomic mass is 9.93. The Bertz CT molecular complexity index is 1250. The summed E-state index contributed by atoms with van der Waals surface area (Å²) in [6.07, 6.45) is 6.52. The minimum absolute atomic E-state index is 0.0267. The van der Waals surface area contributed by atoms with E-state index >= 15 is 0 Å². The van der Waals surface area contributed by atoms with E-state index < -0.39 is 35.6 Å². The smallest absolute Gasteiger partial charge is 0.408 e. The molecule has 2 aromatic rings. The van der Waals surface area contributed by atoms with Gasteiger partial charge in [0, 0.05) is 6.42 Å². The molecule has 10 nitrogen and oxygen atoms in total. The van der Waals surface area contributed by atoms with Crippen LogP contribution in [0.3, 0.4) is 0 Å². The van der Waals surface area contributed by atoms with Crippen molar-refractivity contribution in [3.63, 3.8) is 0 Å². The minimum Gasteiger partial charge on any atom is -0.462 e. The van der Waals surface area contributed by atoms with Crippen molar-refractivity contribution in [1.82, 2.24) is 16.0 Å². The van der Waals surface area contributed by atoms with Crippen LogP contribution in [0.15, 0.2) is 72.8 Å². The van der Waals surface area contributed by atoms with E-state index in [1.165, 1.54) is 0 Å². The number of aliphatic hydroxyl groups excluding tert-OH is 1. The van der Waals surface area contributed by atoms with E-state index in [1.807, 2.05) is 60.7 Å². The Kier molecular flexibility index (Phi) is 11.7. The van der Waals surface area contributed by atoms with Crippen molar-refractivity contribution in [2.45, 2.75) is 75.6 Å². The van der Waals surface area contributed by atoms with Crippen LogP contribution in [0.5, 0.6) is 0 Å². The van der Waals surface area contributed by atoms with Gasteiger partial charge < -0.3 is 30.5 Å². The first-order valence-electron chi connectivity index (χ1n) is 14.9. The normalized spacial score (nSPS) is 21.0. The average Bonchev–Trinajstić information content (AvgIpc) is 3.48. The monoisotopic (exact) mass is 591 g/mol. The number of hydrogen-bond donors (Lipinski definition) is 4. The third kappa shape index (κ3) is 9.95. The Labute approximate surface area is 252 Å². The molecule has 3 amide bonds. The molecule has 0 unspecified atom stereocenters. The zero-order valence-electron chi connectivity index (χ0n) is 24.3. The number of benzene rings is 2. The van der Waals surface area contributed by atoms with Crippen LogP contribution in [0.2, 0.25) is 0 Å². The molecule has 0 saturated heterocycles. The predicted molar refractivity (Wildman–Crippen MR) is 159 cm³/mol. The average molecular weight is 592 g/mol. The molecule has 0 bridgehead atoms. The molecule has 3 atom stereocenters. The van der Waals surface area contributed by atoms with Crippen molar-refractivity contribution in [3.8, 4) is 0 Å². The van der Waals surface area contributed by atoms with Gasteiger partial charge in [-0.15, -0.1) is 0 Å². The summed E-state index contributed by atoms with van der Waals surface area (Å²) in [5, 5.41) is 18.4. The van der Waals surface area contributed by atoms with Crippen molar-refractivity contribution >= 4 is 23.9 Å². The van der Waals surface area contributed by atoms with Crippen LogP contribution in [0, 0.1) is 5.92 Å². The zero-order valence-corrected chi connectivity index (χ0v) is 24.3. The lowest BCUT2D eigenvalue weighted by Gasteiger charge is -2.32. The predicted octanol–water partition coefficient (Wildman–Crippen LogP) is 3.33. The number of nitrogens with one attached hydrogen (secondary N) is 3. The molecule has 43 heavy (non-hydrogen) atoms. The van der Waals surface area contributed by atoms with Gasteiger partial charge in [-0.2, -0.15) is 0 Å². The first kappa shape index (κ1) is 31.7. The molecule has 0 radical (unpaired) electrons. The summed E-state index contributed by atoms with van der Waals surface area (Å²) in [6.45, 7) is -0.194. The van der Waals surface area contributed by atoms with Gasteiger partial charge in [-0.05, 0) is 43.2 Å². The van der Waals surface area contributed by atoms with Crippen LogP contribution in [0.1, 0.15) is 56.1 Å². The minimum atomic E-state index is -0.974. The second kappa shape index (κ2) is 15.9. The maximum atomic E-state index is 13.5. The fourth-order valence-electron chi connectivity index (χ4n) is 5.50. The second-order valence-electron chi connectivity index (χ2n) is 11.3. The number of carbonyl (C=O) groups excluding carboxylic acids is 4. The quantitative estimate of drug-likeness (QED) is 0.259. The molecule has 1 aliphatic carbocycles. The van der Waals surface area contributed by atoms with Gasteiger partial charge in [0.25, 0.3) is 0 Å². The van der Waals surface area contributed by atoms with E-state index in [0.29, 0.717) is 19.3 Å². The fourth-order valence-corrected chi connectivity index (χ4v) is 5.50. The van der Waals surface area contributed by atoms with E-state index in [4.69, 9.17) is 9.47 Å². The van der Waals surface area contributed by atoms with Crippen LogP contribution in [-0.4, -0.2) is 59.8 Å². The molecule has 10 heteroatoms. The van der Waals surface area contributed by atoms with Crippen LogP contribution in [0.25, 0.3) is 0 Å². The Morgan fingerprint density at radius 2 is 1.63 bits per heavy atom. The Balaban J connectivity index is 1.41. The van der Waals surface area contributed by atoms with Gasteiger partial charge in [0.2, 0.25) is 11.8 Å². The van der Waals surface area contributed by atoms with E-state index in [2.05, 4.69) is 16.0 Å². The topological polar surface area (TPSA) is 143 Å². The van der Waals surface area contributed by atoms with E-state index in [0.717, 1.165) is 24.0 Å². The number of aliphatic hydroxyl groups is 1. The Morgan fingerprint density at radius 1 is 0.977 bits per heavy atom. The van der Waals surface area contributed by atoms with Crippen LogP contribution >= 0.6 is 0 Å². The van der Waals surface area contributed by atoms with Crippen molar-refractivity contribution in [1.29, 1.82) is 0 Å². The van der Waals surface area contributed by atoms with Crippen molar-refractivity contribution in [3.05, 3.63) is 83.9 Å². The summed E-state index contributed by atoms with van der Waals surface area (Å²) >= 11 is 0. The van der Waals surface area contributed by atoms with Crippen LogP contribution < -0.4 is 16.0 Å². The highest BCUT2D eigenvalue weighted by atomic mass is 16.6. The SMILES string of the molecule is O=C(C[C@H]1CC=CC[C@@H](NC(=O)OCc2ccccc2)C(=O)OCC2(CCCC2)NC1=O)N[C@H](CO)Cc1ccccc1. The van der Waals surface area contributed by atoms with Gasteiger partial charge in [0.15, 0.2) is 0 Å². The van der Waals surface area contributed by atoms with Gasteiger partial charge in [-0.1, -0.05) is 85.7 Å². The van der Waals surface area contributed by atoms with Crippen molar-refractivity contribution in [2.75, 3.05) is 13.2 Å². The zero-order chi connectivity index (χ0) is 30.5. The molecular weight excluding hydrogens is 550 g/mol. The molecule has 1 aliphatic heterocycles. The molecule has 4 rings (SSSR count). The van der Waals surface area contributed by atoms with E-state index in [9.17, 15) is 24.3 Å². The number of carbonyl (C=O) groups is 4. The molecule has 2 aliphatic rings. The summed E-state index contributed by atoms with van der Waals surface area (Å²) in [6, 6.07) is 17.3. The third-order valence-corrected chi connectivity index (χ3v) is 7.90. The first-order chi connectivity index (χ1) is 20.9. The third-order valence-electron chi connectivity index (χ3n) is 7.90. The molecular formula is C33H41N3O7. The van der Waals surface area contributed by atoms with Gasteiger partial charge >= 0.3 is 12.1 Å². The summed E-state index contributed by atoms with van der Waals surface area (Å²) in [5.74, 6) is -1.88. The highest BCUT2D eigenvalue weighted by Crippen LogP contribution is 2.31. The molecule has 1 fully saturated rings. The molecule has 1 heterocycles. The number of rotatable bonds is 9. The van der Waals surface area contributed by atoms with Crippen molar-refractivity contribution < 1.29 is 33.8 Å². The fraction of sp³-hybridized carbons (Fsp3) is 0.455. The second-order valence-corrected chi connectivity index (χ2v) is 11.3.